The van der Waals surface area contributed by atoms with Gasteiger partial charge < -0.3 is 20.3 Å². The average Bonchev–Trinajstić information content (AvgIpc) is 3.30. The van der Waals surface area contributed by atoms with Crippen molar-refractivity contribution in [1.29, 1.82) is 0 Å². The summed E-state index contributed by atoms with van der Waals surface area (Å²) in [6.07, 6.45) is -2.99. The highest BCUT2D eigenvalue weighted by Gasteiger charge is 2.31. The highest BCUT2D eigenvalue weighted by atomic mass is 19.4. The number of ether oxygens (including phenoxy) is 1. The van der Waals surface area contributed by atoms with E-state index < -0.39 is 30.0 Å². The topological polar surface area (TPSA) is 101 Å². The number of alkyl halides is 3. The van der Waals surface area contributed by atoms with Crippen LogP contribution < -0.4 is 25.6 Å². The Hall–Kier alpha value is -2.82. The third-order valence-electron chi connectivity index (χ3n) is 3.46. The van der Waals surface area contributed by atoms with Crippen molar-refractivity contribution in [2.45, 2.75) is 25.2 Å². The van der Waals surface area contributed by atoms with Crippen molar-refractivity contribution in [3.05, 3.63) is 24.3 Å². The van der Waals surface area contributed by atoms with Crippen molar-refractivity contribution in [3.8, 4) is 5.75 Å². The summed E-state index contributed by atoms with van der Waals surface area (Å²) in [4.78, 5) is 35.6. The number of likely N-dealkylation sites (N-methyl/N-ethyl adjacent to an activating group) is 1. The molecule has 2 rings (SSSR count). The lowest BCUT2D eigenvalue weighted by Gasteiger charge is -2.14. The van der Waals surface area contributed by atoms with E-state index >= 15 is 0 Å². The molecule has 0 spiro atoms. The van der Waals surface area contributed by atoms with Gasteiger partial charge in [-0.25, -0.2) is 4.79 Å². The summed E-state index contributed by atoms with van der Waals surface area (Å²) < 4.78 is 40.0. The van der Waals surface area contributed by atoms with Gasteiger partial charge in [0.05, 0.1) is 7.05 Å². The Labute approximate surface area is 153 Å². The van der Waals surface area contributed by atoms with Gasteiger partial charge in [-0.15, -0.1) is 13.2 Å². The number of amides is 4. The molecule has 4 amide bonds. The summed E-state index contributed by atoms with van der Waals surface area (Å²) in [5.74, 6) is -1.36. The minimum absolute atomic E-state index is 0.0710. The standard InChI is InChI=1S/C16H19F3N4O4/c1-23(9-14(25)22-15(26)21-11-2-3-11)8-13(24)20-10-4-6-12(7-5-10)27-16(17,18)19/h4-7,11H,2-3,8-9H2,1H3,(H,20,24)(H2,21,22,25,26)/p+1. The number of halogens is 3. The second-order valence-electron chi connectivity index (χ2n) is 6.23. The predicted octanol–water partition coefficient (Wildman–Crippen LogP) is 0.0266. The predicted molar refractivity (Wildman–Crippen MR) is 88.1 cm³/mol. The molecule has 11 heteroatoms. The maximum atomic E-state index is 12.1. The van der Waals surface area contributed by atoms with E-state index in [0.29, 0.717) is 4.90 Å². The van der Waals surface area contributed by atoms with Crippen LogP contribution in [0.15, 0.2) is 24.3 Å². The zero-order chi connectivity index (χ0) is 20.0. The molecule has 1 aliphatic carbocycles. The number of hydrogen-bond acceptors (Lipinski definition) is 4. The van der Waals surface area contributed by atoms with Gasteiger partial charge in [0.15, 0.2) is 13.1 Å². The Bertz CT molecular complexity index is 690. The maximum Gasteiger partial charge on any atom is 0.573 e. The van der Waals surface area contributed by atoms with Crippen LogP contribution in [0.1, 0.15) is 12.8 Å². The second-order valence-corrected chi connectivity index (χ2v) is 6.23. The number of urea groups is 1. The maximum absolute atomic E-state index is 12.1. The van der Waals surface area contributed by atoms with Gasteiger partial charge in [-0.05, 0) is 37.1 Å². The van der Waals surface area contributed by atoms with Crippen molar-refractivity contribution >= 4 is 23.5 Å². The number of benzene rings is 1. The summed E-state index contributed by atoms with van der Waals surface area (Å²) >= 11 is 0. The molecule has 0 radical (unpaired) electrons. The van der Waals surface area contributed by atoms with E-state index in [9.17, 15) is 27.6 Å². The molecular weight excluding hydrogens is 369 g/mol. The van der Waals surface area contributed by atoms with Crippen molar-refractivity contribution in [2.24, 2.45) is 0 Å². The summed E-state index contributed by atoms with van der Waals surface area (Å²) in [5, 5.41) is 7.30. The van der Waals surface area contributed by atoms with Crippen LogP contribution in [0.4, 0.5) is 23.7 Å². The molecule has 1 saturated carbocycles. The molecule has 0 bridgehead atoms. The Balaban J connectivity index is 1.72. The van der Waals surface area contributed by atoms with Gasteiger partial charge in [0, 0.05) is 11.7 Å². The average molecular weight is 389 g/mol. The third-order valence-corrected chi connectivity index (χ3v) is 3.46. The minimum Gasteiger partial charge on any atom is -0.406 e. The molecule has 0 aromatic heterocycles. The van der Waals surface area contributed by atoms with E-state index in [2.05, 4.69) is 20.7 Å². The van der Waals surface area contributed by atoms with Crippen LogP contribution in [-0.2, 0) is 9.59 Å². The minimum atomic E-state index is -4.78. The first kappa shape index (κ1) is 20.5. The van der Waals surface area contributed by atoms with E-state index in [1.807, 2.05) is 0 Å². The fraction of sp³-hybridized carbons (Fsp3) is 0.438. The summed E-state index contributed by atoms with van der Waals surface area (Å²) in [6.45, 7) is -0.164. The molecule has 1 aliphatic rings. The normalized spacial score (nSPS) is 14.8. The highest BCUT2D eigenvalue weighted by molar-refractivity contribution is 5.95. The smallest absolute Gasteiger partial charge is 0.406 e. The van der Waals surface area contributed by atoms with Crippen LogP contribution in [0.2, 0.25) is 0 Å². The van der Waals surface area contributed by atoms with Crippen LogP contribution in [0.3, 0.4) is 0 Å². The van der Waals surface area contributed by atoms with Gasteiger partial charge >= 0.3 is 12.4 Å². The summed E-state index contributed by atoms with van der Waals surface area (Å²) in [5.41, 5.74) is 0.288. The number of rotatable bonds is 7. The molecule has 8 nitrogen and oxygen atoms in total. The molecule has 1 atom stereocenters. The van der Waals surface area contributed by atoms with Crippen LogP contribution in [0, 0.1) is 0 Å². The van der Waals surface area contributed by atoms with E-state index in [4.69, 9.17) is 0 Å². The fourth-order valence-electron chi connectivity index (χ4n) is 2.18. The lowest BCUT2D eigenvalue weighted by atomic mass is 10.3. The number of imide groups is 1. The van der Waals surface area contributed by atoms with Crippen molar-refractivity contribution in [2.75, 3.05) is 25.5 Å². The Morgan fingerprint density at radius 2 is 1.70 bits per heavy atom. The quantitative estimate of drug-likeness (QED) is 0.529. The van der Waals surface area contributed by atoms with Gasteiger partial charge in [0.25, 0.3) is 11.8 Å². The molecule has 0 aliphatic heterocycles. The molecule has 1 aromatic carbocycles. The molecule has 1 aromatic rings. The van der Waals surface area contributed by atoms with E-state index in [1.54, 1.807) is 7.05 Å². The van der Waals surface area contributed by atoms with Gasteiger partial charge in [0.2, 0.25) is 0 Å². The Morgan fingerprint density at radius 3 is 2.26 bits per heavy atom. The Morgan fingerprint density at radius 1 is 1.11 bits per heavy atom. The van der Waals surface area contributed by atoms with Crippen LogP contribution in [-0.4, -0.2) is 50.4 Å². The highest BCUT2D eigenvalue weighted by Crippen LogP contribution is 2.23. The Kier molecular flexibility index (Phi) is 6.61. The molecule has 27 heavy (non-hydrogen) atoms. The van der Waals surface area contributed by atoms with Crippen LogP contribution in [0.5, 0.6) is 5.75 Å². The number of hydrogen-bond donors (Lipinski definition) is 4. The van der Waals surface area contributed by atoms with Crippen LogP contribution in [0.25, 0.3) is 0 Å². The van der Waals surface area contributed by atoms with Gasteiger partial charge in [-0.1, -0.05) is 0 Å². The third kappa shape index (κ3) is 8.40. The number of anilines is 1. The summed E-state index contributed by atoms with van der Waals surface area (Å²) in [7, 11) is 1.60. The second kappa shape index (κ2) is 8.71. The molecule has 0 heterocycles. The number of quaternary nitrogens is 1. The van der Waals surface area contributed by atoms with Crippen molar-refractivity contribution in [1.82, 2.24) is 10.6 Å². The number of carbonyl (C=O) groups is 3. The largest absolute Gasteiger partial charge is 0.573 e. The van der Waals surface area contributed by atoms with Crippen molar-refractivity contribution in [3.63, 3.8) is 0 Å². The number of nitrogens with one attached hydrogen (secondary N) is 4. The SMILES string of the molecule is C[NH+](CC(=O)NC(=O)NC1CC1)CC(=O)Nc1ccc(OC(F)(F)F)cc1. The summed E-state index contributed by atoms with van der Waals surface area (Å²) in [6, 6.07) is 4.26. The zero-order valence-electron chi connectivity index (χ0n) is 14.5. The van der Waals surface area contributed by atoms with E-state index in [-0.39, 0.29) is 24.8 Å². The molecule has 4 N–H and O–H groups in total. The lowest BCUT2D eigenvalue weighted by Crippen LogP contribution is -3.11. The first-order chi connectivity index (χ1) is 12.6. The zero-order valence-corrected chi connectivity index (χ0v) is 14.5. The van der Waals surface area contributed by atoms with E-state index in [1.165, 1.54) is 12.1 Å². The van der Waals surface area contributed by atoms with Crippen molar-refractivity contribution < 1.29 is 37.2 Å². The molecule has 0 saturated heterocycles. The van der Waals surface area contributed by atoms with Gasteiger partial charge in [-0.3, -0.25) is 14.9 Å². The van der Waals surface area contributed by atoms with Gasteiger partial charge in [0.1, 0.15) is 5.75 Å². The molecular formula is C16H20F3N4O4+. The molecule has 148 valence electrons. The first-order valence-electron chi connectivity index (χ1n) is 8.18. The monoisotopic (exact) mass is 389 g/mol. The molecule has 1 fully saturated rings. The van der Waals surface area contributed by atoms with E-state index in [0.717, 1.165) is 25.0 Å². The first-order valence-corrected chi connectivity index (χ1v) is 8.18. The lowest BCUT2D eigenvalue weighted by molar-refractivity contribution is -0.862. The van der Waals surface area contributed by atoms with Gasteiger partial charge in [-0.2, -0.15) is 0 Å². The fourth-order valence-corrected chi connectivity index (χ4v) is 2.18. The molecule has 1 unspecified atom stereocenters. The van der Waals surface area contributed by atoms with Crippen LogP contribution >= 0.6 is 0 Å². The number of carbonyl (C=O) groups excluding carboxylic acids is 3.